The summed E-state index contributed by atoms with van der Waals surface area (Å²) in [5.41, 5.74) is 1.17. The second-order valence-electron chi connectivity index (χ2n) is 5.16. The number of rotatable bonds is 3. The highest BCUT2D eigenvalue weighted by Crippen LogP contribution is 2.45. The third-order valence-corrected chi connectivity index (χ3v) is 5.08. The first-order valence-corrected chi connectivity index (χ1v) is 7.07. The van der Waals surface area contributed by atoms with E-state index in [-0.39, 0.29) is 0 Å². The van der Waals surface area contributed by atoms with Gasteiger partial charge in [-0.15, -0.1) is 11.8 Å². The van der Waals surface area contributed by atoms with Crippen molar-refractivity contribution in [2.45, 2.75) is 23.9 Å². The van der Waals surface area contributed by atoms with Crippen molar-refractivity contribution in [1.29, 1.82) is 0 Å². The van der Waals surface area contributed by atoms with Crippen LogP contribution < -0.4 is 0 Å². The van der Waals surface area contributed by atoms with Gasteiger partial charge in [-0.25, -0.2) is 0 Å². The molecular weight excluding hydrogens is 232 g/mol. The molecule has 2 aliphatic heterocycles. The lowest BCUT2D eigenvalue weighted by Gasteiger charge is -2.45. The molecule has 0 saturated carbocycles. The zero-order valence-electron chi connectivity index (χ0n) is 10.1. The number of hydrogen-bond donors (Lipinski definition) is 0. The lowest BCUT2D eigenvalue weighted by Crippen LogP contribution is -2.56. The summed E-state index contributed by atoms with van der Waals surface area (Å²) in [6.07, 6.45) is 5.32. The topological polar surface area (TPSA) is 25.4 Å². The second-order valence-corrected chi connectivity index (χ2v) is 6.65. The van der Waals surface area contributed by atoms with E-state index in [1.807, 2.05) is 12.3 Å². The molecule has 1 spiro atoms. The van der Waals surface area contributed by atoms with Gasteiger partial charge in [-0.3, -0.25) is 4.98 Å². The molecule has 4 heteroatoms. The monoisotopic (exact) mass is 250 g/mol. The third kappa shape index (κ3) is 2.49. The average molecular weight is 250 g/mol. The van der Waals surface area contributed by atoms with Gasteiger partial charge in [-0.2, -0.15) is 0 Å². The van der Waals surface area contributed by atoms with Crippen LogP contribution in [0.5, 0.6) is 0 Å². The number of nitrogens with zero attached hydrogens (tertiary/aromatic N) is 2. The Balaban J connectivity index is 1.48. The minimum absolute atomic E-state index is 0.425. The van der Waals surface area contributed by atoms with Crippen LogP contribution in [0.1, 0.15) is 12.0 Å². The zero-order valence-corrected chi connectivity index (χ0v) is 10.9. The second kappa shape index (κ2) is 4.59. The number of pyridine rings is 1. The minimum atomic E-state index is 0.425. The Morgan fingerprint density at radius 3 is 3.18 bits per heavy atom. The molecule has 3 rings (SSSR count). The quantitative estimate of drug-likeness (QED) is 0.816. The zero-order chi connectivity index (χ0) is 11.7. The molecule has 0 aromatic carbocycles. The number of likely N-dealkylation sites (tertiary alicyclic amines) is 1. The highest BCUT2D eigenvalue weighted by molar-refractivity contribution is 8.01. The van der Waals surface area contributed by atoms with Crippen molar-refractivity contribution in [3.05, 3.63) is 30.1 Å². The Kier molecular flexibility index (Phi) is 3.11. The van der Waals surface area contributed by atoms with Crippen LogP contribution in [0.2, 0.25) is 0 Å². The summed E-state index contributed by atoms with van der Waals surface area (Å²) in [4.78, 5) is 6.49. The molecule has 17 heavy (non-hydrogen) atoms. The lowest BCUT2D eigenvalue weighted by atomic mass is 9.94. The van der Waals surface area contributed by atoms with Gasteiger partial charge >= 0.3 is 0 Å². The fourth-order valence-electron chi connectivity index (χ4n) is 2.77. The van der Waals surface area contributed by atoms with E-state index < -0.39 is 0 Å². The Labute approximate surface area is 107 Å². The molecule has 1 aromatic heterocycles. The van der Waals surface area contributed by atoms with Crippen LogP contribution in [0.15, 0.2) is 24.5 Å². The van der Waals surface area contributed by atoms with Gasteiger partial charge in [-0.1, -0.05) is 6.07 Å². The molecule has 2 fully saturated rings. The van der Waals surface area contributed by atoms with E-state index in [2.05, 4.69) is 34.8 Å². The smallest absolute Gasteiger partial charge is 0.0736 e. The van der Waals surface area contributed by atoms with Crippen molar-refractivity contribution in [3.63, 3.8) is 0 Å². The normalized spacial score (nSPS) is 27.2. The van der Waals surface area contributed by atoms with Crippen LogP contribution in [0.25, 0.3) is 0 Å². The number of hydrogen-bond acceptors (Lipinski definition) is 4. The predicted octanol–water partition coefficient (Wildman–Crippen LogP) is 1.79. The van der Waals surface area contributed by atoms with Crippen LogP contribution >= 0.6 is 11.8 Å². The molecule has 1 atom stereocenters. The van der Waals surface area contributed by atoms with Gasteiger partial charge in [-0.05, 0) is 25.1 Å². The predicted molar refractivity (Wildman–Crippen MR) is 70.1 cm³/mol. The summed E-state index contributed by atoms with van der Waals surface area (Å²) in [6.45, 7) is 3.15. The lowest BCUT2D eigenvalue weighted by molar-refractivity contribution is 0.0331. The molecule has 0 unspecified atom stereocenters. The van der Waals surface area contributed by atoms with Gasteiger partial charge < -0.3 is 9.64 Å². The van der Waals surface area contributed by atoms with Crippen LogP contribution in [-0.4, -0.2) is 46.6 Å². The van der Waals surface area contributed by atoms with Gasteiger partial charge in [0.1, 0.15) is 0 Å². The Morgan fingerprint density at radius 1 is 1.59 bits per heavy atom. The minimum Gasteiger partial charge on any atom is -0.373 e. The van der Waals surface area contributed by atoms with E-state index in [4.69, 9.17) is 4.74 Å². The molecular formula is C13H18N2OS. The molecule has 0 radical (unpaired) electrons. The molecule has 3 heterocycles. The summed E-state index contributed by atoms with van der Waals surface area (Å²) >= 11 is 2.10. The molecule has 1 aromatic rings. The molecule has 2 aliphatic rings. The number of ether oxygens (including phenoxy) is 1. The summed E-state index contributed by atoms with van der Waals surface area (Å²) in [5.74, 6) is 1.15. The maximum Gasteiger partial charge on any atom is 0.0736 e. The summed E-state index contributed by atoms with van der Waals surface area (Å²) < 4.78 is 6.48. The summed E-state index contributed by atoms with van der Waals surface area (Å²) in [5, 5.41) is 0. The van der Waals surface area contributed by atoms with E-state index in [9.17, 15) is 0 Å². The highest BCUT2D eigenvalue weighted by Gasteiger charge is 2.47. The maximum absolute atomic E-state index is 5.98. The van der Waals surface area contributed by atoms with Gasteiger partial charge in [0, 0.05) is 36.0 Å². The van der Waals surface area contributed by atoms with Crippen molar-refractivity contribution < 1.29 is 4.74 Å². The van der Waals surface area contributed by atoms with Crippen molar-refractivity contribution in [3.8, 4) is 0 Å². The molecule has 3 nitrogen and oxygen atoms in total. The van der Waals surface area contributed by atoms with Gasteiger partial charge in [0.15, 0.2) is 0 Å². The maximum atomic E-state index is 5.98. The third-order valence-electron chi connectivity index (χ3n) is 3.50. The van der Waals surface area contributed by atoms with E-state index in [1.165, 1.54) is 25.1 Å². The first kappa shape index (κ1) is 11.5. The van der Waals surface area contributed by atoms with Gasteiger partial charge in [0.25, 0.3) is 0 Å². The molecule has 92 valence electrons. The fourth-order valence-corrected chi connectivity index (χ4v) is 4.45. The average Bonchev–Trinajstić information content (AvgIpc) is 2.72. The largest absolute Gasteiger partial charge is 0.373 e. The highest BCUT2D eigenvalue weighted by atomic mass is 32.2. The van der Waals surface area contributed by atoms with Crippen LogP contribution in [-0.2, 0) is 11.3 Å². The number of thioether (sulfide) groups is 1. The van der Waals surface area contributed by atoms with Gasteiger partial charge in [0.05, 0.1) is 12.7 Å². The van der Waals surface area contributed by atoms with Crippen molar-refractivity contribution in [2.24, 2.45) is 0 Å². The fraction of sp³-hybridized carbons (Fsp3) is 0.615. The Bertz CT molecular complexity index is 378. The van der Waals surface area contributed by atoms with E-state index in [0.29, 0.717) is 17.5 Å². The molecule has 0 amide bonds. The SMILES string of the molecule is CN1CC2(C[C@@H](OCc3cccnc3)CS2)C1. The Morgan fingerprint density at radius 2 is 2.47 bits per heavy atom. The van der Waals surface area contributed by atoms with Crippen LogP contribution in [0.4, 0.5) is 0 Å². The molecule has 2 saturated heterocycles. The first-order valence-electron chi connectivity index (χ1n) is 6.09. The summed E-state index contributed by atoms with van der Waals surface area (Å²) in [6, 6.07) is 4.03. The molecule has 0 bridgehead atoms. The first-order chi connectivity index (χ1) is 8.26. The van der Waals surface area contributed by atoms with Gasteiger partial charge in [0.2, 0.25) is 0 Å². The van der Waals surface area contributed by atoms with Crippen LogP contribution in [0.3, 0.4) is 0 Å². The van der Waals surface area contributed by atoms with E-state index in [1.54, 1.807) is 6.20 Å². The van der Waals surface area contributed by atoms with Crippen molar-refractivity contribution in [2.75, 3.05) is 25.9 Å². The Hall–Kier alpha value is -0.580. The van der Waals surface area contributed by atoms with E-state index in [0.717, 1.165) is 5.75 Å². The summed E-state index contributed by atoms with van der Waals surface area (Å²) in [7, 11) is 2.19. The van der Waals surface area contributed by atoms with E-state index >= 15 is 0 Å². The van der Waals surface area contributed by atoms with Crippen LogP contribution in [0, 0.1) is 0 Å². The number of aromatic nitrogens is 1. The molecule has 0 N–H and O–H groups in total. The van der Waals surface area contributed by atoms with Crippen molar-refractivity contribution in [1.82, 2.24) is 9.88 Å². The molecule has 0 aliphatic carbocycles. The standard InChI is InChI=1S/C13H18N2OS/c1-15-9-13(10-15)5-12(8-17-13)16-7-11-3-2-4-14-6-11/h2-4,6,12H,5,7-10H2,1H3/t12-/m1/s1. The van der Waals surface area contributed by atoms with Crippen molar-refractivity contribution >= 4 is 11.8 Å².